The minimum Gasteiger partial charge on any atom is -0.382 e. The first-order valence-electron chi connectivity index (χ1n) is 6.80. The summed E-state index contributed by atoms with van der Waals surface area (Å²) >= 11 is 0. The van der Waals surface area contributed by atoms with Gasteiger partial charge in [-0.1, -0.05) is 19.3 Å². The van der Waals surface area contributed by atoms with Crippen molar-refractivity contribution in [3.05, 3.63) is 29.3 Å². The molecule has 1 aromatic rings. The van der Waals surface area contributed by atoms with Gasteiger partial charge in [0.05, 0.1) is 0 Å². The summed E-state index contributed by atoms with van der Waals surface area (Å²) in [5.41, 5.74) is 3.03. The van der Waals surface area contributed by atoms with Crippen LogP contribution in [-0.2, 0) is 0 Å². The zero-order valence-corrected chi connectivity index (χ0v) is 11.3. The molecule has 1 fully saturated rings. The summed E-state index contributed by atoms with van der Waals surface area (Å²) in [5.74, 6) is -0.0256. The maximum atomic E-state index is 11.5. The number of nitrogens with one attached hydrogen (secondary N) is 2. The van der Waals surface area contributed by atoms with Crippen molar-refractivity contribution in [2.24, 2.45) is 0 Å². The van der Waals surface area contributed by atoms with Gasteiger partial charge in [0.2, 0.25) is 0 Å². The smallest absolute Gasteiger partial charge is 0.251 e. The Morgan fingerprint density at radius 2 is 1.94 bits per heavy atom. The fraction of sp³-hybridized carbons (Fsp3) is 0.533. The third-order valence-electron chi connectivity index (χ3n) is 3.68. The molecule has 1 aromatic carbocycles. The molecular formula is C15H22N2O. The van der Waals surface area contributed by atoms with E-state index in [0.29, 0.717) is 6.04 Å². The van der Waals surface area contributed by atoms with E-state index in [1.165, 1.54) is 32.1 Å². The second-order valence-corrected chi connectivity index (χ2v) is 5.09. The van der Waals surface area contributed by atoms with Gasteiger partial charge in [0.25, 0.3) is 5.91 Å². The molecule has 0 aliphatic heterocycles. The van der Waals surface area contributed by atoms with Crippen LogP contribution in [0.15, 0.2) is 18.2 Å². The number of hydrogen-bond acceptors (Lipinski definition) is 2. The summed E-state index contributed by atoms with van der Waals surface area (Å²) in [5, 5.41) is 6.25. The van der Waals surface area contributed by atoms with Crippen molar-refractivity contribution in [2.75, 3.05) is 12.4 Å². The summed E-state index contributed by atoms with van der Waals surface area (Å²) in [4.78, 5) is 11.5. The molecule has 1 aliphatic carbocycles. The quantitative estimate of drug-likeness (QED) is 0.860. The van der Waals surface area contributed by atoms with Crippen molar-refractivity contribution in [3.8, 4) is 0 Å². The average molecular weight is 246 g/mol. The van der Waals surface area contributed by atoms with Gasteiger partial charge < -0.3 is 10.6 Å². The Bertz CT molecular complexity index is 423. The Morgan fingerprint density at radius 1 is 1.22 bits per heavy atom. The largest absolute Gasteiger partial charge is 0.382 e. The molecule has 3 nitrogen and oxygen atoms in total. The Balaban J connectivity index is 2.07. The molecule has 0 unspecified atom stereocenters. The second-order valence-electron chi connectivity index (χ2n) is 5.09. The van der Waals surface area contributed by atoms with E-state index < -0.39 is 0 Å². The van der Waals surface area contributed by atoms with Crippen LogP contribution < -0.4 is 10.6 Å². The van der Waals surface area contributed by atoms with Crippen LogP contribution in [-0.4, -0.2) is 19.0 Å². The third-order valence-corrected chi connectivity index (χ3v) is 3.68. The van der Waals surface area contributed by atoms with Crippen LogP contribution in [0.1, 0.15) is 48.0 Å². The van der Waals surface area contributed by atoms with Gasteiger partial charge in [-0.3, -0.25) is 4.79 Å². The van der Waals surface area contributed by atoms with Crippen molar-refractivity contribution in [1.29, 1.82) is 0 Å². The normalized spacial score (nSPS) is 16.3. The summed E-state index contributed by atoms with van der Waals surface area (Å²) in [6.07, 6.45) is 6.54. The molecule has 1 aliphatic rings. The van der Waals surface area contributed by atoms with E-state index in [0.717, 1.165) is 16.8 Å². The number of aryl methyl sites for hydroxylation is 1. The summed E-state index contributed by atoms with van der Waals surface area (Å²) < 4.78 is 0. The highest BCUT2D eigenvalue weighted by Crippen LogP contribution is 2.24. The molecule has 98 valence electrons. The first-order chi connectivity index (χ1) is 8.70. The fourth-order valence-corrected chi connectivity index (χ4v) is 2.58. The van der Waals surface area contributed by atoms with Crippen LogP contribution in [0.25, 0.3) is 0 Å². The Hall–Kier alpha value is -1.51. The van der Waals surface area contributed by atoms with Crippen molar-refractivity contribution < 1.29 is 4.79 Å². The summed E-state index contributed by atoms with van der Waals surface area (Å²) in [6, 6.07) is 6.46. The van der Waals surface area contributed by atoms with E-state index in [-0.39, 0.29) is 5.91 Å². The average Bonchev–Trinajstić information content (AvgIpc) is 2.41. The van der Waals surface area contributed by atoms with E-state index in [1.54, 1.807) is 7.05 Å². The third kappa shape index (κ3) is 3.03. The molecule has 0 spiro atoms. The second kappa shape index (κ2) is 5.89. The molecule has 1 amide bonds. The van der Waals surface area contributed by atoms with Gasteiger partial charge in [-0.2, -0.15) is 0 Å². The predicted molar refractivity (Wildman–Crippen MR) is 75.1 cm³/mol. The molecule has 0 radical (unpaired) electrons. The van der Waals surface area contributed by atoms with E-state index in [4.69, 9.17) is 0 Å². The Kier molecular flexibility index (Phi) is 4.24. The van der Waals surface area contributed by atoms with Crippen LogP contribution in [0.4, 0.5) is 5.69 Å². The maximum Gasteiger partial charge on any atom is 0.251 e. The molecule has 18 heavy (non-hydrogen) atoms. The molecule has 0 bridgehead atoms. The topological polar surface area (TPSA) is 41.1 Å². The van der Waals surface area contributed by atoms with E-state index in [1.807, 2.05) is 18.2 Å². The number of rotatable bonds is 3. The highest BCUT2D eigenvalue weighted by Gasteiger charge is 2.14. The molecule has 2 N–H and O–H groups in total. The number of anilines is 1. The highest BCUT2D eigenvalue weighted by atomic mass is 16.1. The zero-order chi connectivity index (χ0) is 13.0. The highest BCUT2D eigenvalue weighted by molar-refractivity contribution is 5.94. The van der Waals surface area contributed by atoms with Crippen molar-refractivity contribution in [3.63, 3.8) is 0 Å². The lowest BCUT2D eigenvalue weighted by Gasteiger charge is -2.24. The van der Waals surface area contributed by atoms with Crippen LogP contribution in [0.2, 0.25) is 0 Å². The first kappa shape index (κ1) is 12.9. The number of carbonyl (C=O) groups excluding carboxylic acids is 1. The molecule has 2 rings (SSSR count). The lowest BCUT2D eigenvalue weighted by atomic mass is 9.95. The van der Waals surface area contributed by atoms with Crippen LogP contribution >= 0.6 is 0 Å². The predicted octanol–water partition coefficient (Wildman–Crippen LogP) is 3.10. The van der Waals surface area contributed by atoms with Crippen LogP contribution in [0, 0.1) is 6.92 Å². The molecule has 0 atom stereocenters. The van der Waals surface area contributed by atoms with E-state index >= 15 is 0 Å². The van der Waals surface area contributed by atoms with Gasteiger partial charge >= 0.3 is 0 Å². The van der Waals surface area contributed by atoms with Crippen LogP contribution in [0.3, 0.4) is 0 Å². The lowest BCUT2D eigenvalue weighted by Crippen LogP contribution is -2.23. The van der Waals surface area contributed by atoms with Crippen molar-refractivity contribution in [1.82, 2.24) is 5.32 Å². The zero-order valence-electron chi connectivity index (χ0n) is 11.3. The Morgan fingerprint density at radius 3 is 2.56 bits per heavy atom. The van der Waals surface area contributed by atoms with Gasteiger partial charge in [-0.15, -0.1) is 0 Å². The van der Waals surface area contributed by atoms with Gasteiger partial charge in [0, 0.05) is 24.3 Å². The molecule has 3 heteroatoms. The minimum atomic E-state index is -0.0256. The number of hydrogen-bond donors (Lipinski definition) is 2. The first-order valence-corrected chi connectivity index (χ1v) is 6.80. The van der Waals surface area contributed by atoms with Gasteiger partial charge in [-0.05, 0) is 43.5 Å². The van der Waals surface area contributed by atoms with Crippen LogP contribution in [0.5, 0.6) is 0 Å². The van der Waals surface area contributed by atoms with Gasteiger partial charge in [0.1, 0.15) is 0 Å². The molecule has 0 heterocycles. The minimum absolute atomic E-state index is 0.0256. The van der Waals surface area contributed by atoms with Gasteiger partial charge in [0.15, 0.2) is 0 Å². The molecule has 0 aromatic heterocycles. The monoisotopic (exact) mass is 246 g/mol. The Labute approximate surface area is 109 Å². The fourth-order valence-electron chi connectivity index (χ4n) is 2.58. The summed E-state index contributed by atoms with van der Waals surface area (Å²) in [6.45, 7) is 2.05. The molecule has 1 saturated carbocycles. The maximum absolute atomic E-state index is 11.5. The van der Waals surface area contributed by atoms with E-state index in [2.05, 4.69) is 17.6 Å². The standard InChI is InChI=1S/C15H22N2O/c1-11-10-12(15(18)16-2)8-9-14(11)17-13-6-4-3-5-7-13/h8-10,13,17H,3-7H2,1-2H3,(H,16,18). The van der Waals surface area contributed by atoms with Crippen molar-refractivity contribution >= 4 is 11.6 Å². The number of amides is 1. The molecule has 0 saturated heterocycles. The van der Waals surface area contributed by atoms with E-state index in [9.17, 15) is 4.79 Å². The van der Waals surface area contributed by atoms with Crippen molar-refractivity contribution in [2.45, 2.75) is 45.1 Å². The number of benzene rings is 1. The van der Waals surface area contributed by atoms with Gasteiger partial charge in [-0.25, -0.2) is 0 Å². The molecular weight excluding hydrogens is 224 g/mol. The lowest BCUT2D eigenvalue weighted by molar-refractivity contribution is 0.0963. The SMILES string of the molecule is CNC(=O)c1ccc(NC2CCCCC2)c(C)c1. The summed E-state index contributed by atoms with van der Waals surface area (Å²) in [7, 11) is 1.66. The number of carbonyl (C=O) groups is 1.